The molecular weight excluding hydrogens is 195 g/mol. The summed E-state index contributed by atoms with van der Waals surface area (Å²) in [4.78, 5) is 9.04. The van der Waals surface area contributed by atoms with Gasteiger partial charge in [-0.1, -0.05) is 13.8 Å². The predicted octanol–water partition coefficient (Wildman–Crippen LogP) is 0.909. The van der Waals surface area contributed by atoms with E-state index in [0.717, 1.165) is 0 Å². The molecule has 0 bridgehead atoms. The van der Waals surface area contributed by atoms with Crippen LogP contribution in [0.1, 0.15) is 20.3 Å². The first-order chi connectivity index (χ1) is 6.00. The average molecular weight is 210 g/mol. The molecule has 2 unspecified atom stereocenters. The van der Waals surface area contributed by atoms with E-state index in [0.29, 0.717) is 6.42 Å². The van der Waals surface area contributed by atoms with Gasteiger partial charge < -0.3 is 10.00 Å². The van der Waals surface area contributed by atoms with Gasteiger partial charge in [0.1, 0.15) is 6.10 Å². The van der Waals surface area contributed by atoms with Gasteiger partial charge in [0.15, 0.2) is 0 Å². The van der Waals surface area contributed by atoms with Gasteiger partial charge in [-0.2, -0.15) is 0 Å². The zero-order valence-electron chi connectivity index (χ0n) is 7.71. The molecule has 4 atom stereocenters. The lowest BCUT2D eigenvalue weighted by molar-refractivity contribution is 0.0698. The van der Waals surface area contributed by atoms with E-state index in [-0.39, 0.29) is 12.5 Å². The molecule has 78 valence electrons. The van der Waals surface area contributed by atoms with Crippen LogP contribution >= 0.6 is 7.82 Å². The van der Waals surface area contributed by atoms with E-state index in [4.69, 9.17) is 19.0 Å². The Morgan fingerprint density at radius 2 is 2.15 bits per heavy atom. The zero-order chi connectivity index (χ0) is 10.1. The van der Waals surface area contributed by atoms with Crippen LogP contribution in [0.4, 0.5) is 0 Å². The quantitative estimate of drug-likeness (QED) is 0.677. The van der Waals surface area contributed by atoms with Crippen molar-refractivity contribution in [2.75, 3.05) is 6.61 Å². The molecule has 0 saturated carbocycles. The summed E-state index contributed by atoms with van der Waals surface area (Å²) >= 11 is 0. The van der Waals surface area contributed by atoms with E-state index in [9.17, 15) is 4.57 Å². The highest BCUT2D eigenvalue weighted by Gasteiger charge is 2.44. The second-order valence-corrected chi connectivity index (χ2v) is 4.61. The second-order valence-electron chi connectivity index (χ2n) is 3.25. The molecule has 1 aliphatic heterocycles. The van der Waals surface area contributed by atoms with Gasteiger partial charge in [0.05, 0.1) is 6.10 Å². The number of rotatable bonds is 3. The minimum Gasteiger partial charge on any atom is -0.396 e. The number of aliphatic hydroxyl groups is 1. The van der Waals surface area contributed by atoms with Gasteiger partial charge in [-0.3, -0.25) is 9.05 Å². The Hall–Kier alpha value is 0.0700. The van der Waals surface area contributed by atoms with E-state index in [2.05, 4.69) is 0 Å². The van der Waals surface area contributed by atoms with Crippen LogP contribution in [0.25, 0.3) is 0 Å². The lowest BCUT2D eigenvalue weighted by Gasteiger charge is -2.18. The SMILES string of the molecule is CCC1OP(=O)(O)O[C@H]1[C@H](C)CO. The minimum atomic E-state index is -3.85. The van der Waals surface area contributed by atoms with Gasteiger partial charge >= 0.3 is 7.82 Å². The zero-order valence-corrected chi connectivity index (χ0v) is 8.61. The number of hydrogen-bond donors (Lipinski definition) is 2. The fourth-order valence-corrected chi connectivity index (χ4v) is 2.67. The number of aliphatic hydroxyl groups excluding tert-OH is 1. The van der Waals surface area contributed by atoms with Gasteiger partial charge in [-0.15, -0.1) is 0 Å². The van der Waals surface area contributed by atoms with Crippen molar-refractivity contribution < 1.29 is 23.6 Å². The first-order valence-corrected chi connectivity index (χ1v) is 5.80. The molecule has 1 saturated heterocycles. The number of phosphoric acid groups is 1. The Morgan fingerprint density at radius 3 is 2.62 bits per heavy atom. The van der Waals surface area contributed by atoms with Crippen LogP contribution in [0.2, 0.25) is 0 Å². The molecule has 0 aromatic rings. The monoisotopic (exact) mass is 210 g/mol. The molecule has 6 heteroatoms. The fourth-order valence-electron chi connectivity index (χ4n) is 1.36. The third-order valence-corrected chi connectivity index (χ3v) is 3.19. The van der Waals surface area contributed by atoms with Crippen molar-refractivity contribution in [3.63, 3.8) is 0 Å². The summed E-state index contributed by atoms with van der Waals surface area (Å²) in [6.45, 7) is 3.52. The molecule has 5 nitrogen and oxygen atoms in total. The Labute approximate surface area is 77.3 Å². The Bertz CT molecular complexity index is 219. The van der Waals surface area contributed by atoms with Crippen molar-refractivity contribution in [2.45, 2.75) is 32.5 Å². The molecular formula is C7H15O5P. The molecule has 1 heterocycles. The lowest BCUT2D eigenvalue weighted by Crippen LogP contribution is -2.30. The smallest absolute Gasteiger partial charge is 0.396 e. The largest absolute Gasteiger partial charge is 0.472 e. The molecule has 1 aliphatic rings. The van der Waals surface area contributed by atoms with Gasteiger partial charge in [-0.05, 0) is 6.42 Å². The van der Waals surface area contributed by atoms with Gasteiger partial charge in [0, 0.05) is 12.5 Å². The lowest BCUT2D eigenvalue weighted by atomic mass is 9.99. The summed E-state index contributed by atoms with van der Waals surface area (Å²) in [5, 5.41) is 8.87. The van der Waals surface area contributed by atoms with Crippen LogP contribution in [0.5, 0.6) is 0 Å². The third-order valence-electron chi connectivity index (χ3n) is 2.14. The van der Waals surface area contributed by atoms with E-state index >= 15 is 0 Å². The van der Waals surface area contributed by atoms with Crippen LogP contribution in [0.15, 0.2) is 0 Å². The van der Waals surface area contributed by atoms with Crippen LogP contribution in [0.3, 0.4) is 0 Å². The normalized spacial score (nSPS) is 42.2. The average Bonchev–Trinajstić information content (AvgIpc) is 2.39. The van der Waals surface area contributed by atoms with Crippen LogP contribution in [0, 0.1) is 5.92 Å². The van der Waals surface area contributed by atoms with Crippen molar-refractivity contribution in [3.05, 3.63) is 0 Å². The molecule has 0 spiro atoms. The summed E-state index contributed by atoms with van der Waals surface area (Å²) in [7, 11) is -3.85. The fraction of sp³-hybridized carbons (Fsp3) is 1.00. The summed E-state index contributed by atoms with van der Waals surface area (Å²) in [5.41, 5.74) is 0. The third kappa shape index (κ3) is 2.51. The van der Waals surface area contributed by atoms with E-state index in [1.54, 1.807) is 6.92 Å². The molecule has 1 fully saturated rings. The second kappa shape index (κ2) is 4.07. The van der Waals surface area contributed by atoms with Gasteiger partial charge in [0.2, 0.25) is 0 Å². The maximum Gasteiger partial charge on any atom is 0.472 e. The maximum absolute atomic E-state index is 11.0. The van der Waals surface area contributed by atoms with Crippen LogP contribution in [-0.4, -0.2) is 28.8 Å². The summed E-state index contributed by atoms with van der Waals surface area (Å²) in [6.07, 6.45) is -0.275. The summed E-state index contributed by atoms with van der Waals surface area (Å²) in [5.74, 6) is -0.187. The maximum atomic E-state index is 11.0. The van der Waals surface area contributed by atoms with Gasteiger partial charge in [-0.25, -0.2) is 4.57 Å². The molecule has 2 N–H and O–H groups in total. The first kappa shape index (κ1) is 11.1. The first-order valence-electron chi connectivity index (χ1n) is 4.30. The molecule has 0 aliphatic carbocycles. The van der Waals surface area contributed by atoms with Crippen molar-refractivity contribution >= 4 is 7.82 Å². The molecule has 1 rings (SSSR count). The van der Waals surface area contributed by atoms with Crippen molar-refractivity contribution in [1.82, 2.24) is 0 Å². The highest BCUT2D eigenvalue weighted by atomic mass is 31.2. The molecule has 0 radical (unpaired) electrons. The molecule has 0 amide bonds. The van der Waals surface area contributed by atoms with Crippen LogP contribution in [-0.2, 0) is 13.6 Å². The molecule has 0 aromatic carbocycles. The van der Waals surface area contributed by atoms with Crippen molar-refractivity contribution in [2.24, 2.45) is 5.92 Å². The number of hydrogen-bond acceptors (Lipinski definition) is 4. The summed E-state index contributed by atoms with van der Waals surface area (Å²) < 4.78 is 20.7. The molecule has 13 heavy (non-hydrogen) atoms. The van der Waals surface area contributed by atoms with E-state index in [1.165, 1.54) is 0 Å². The van der Waals surface area contributed by atoms with Crippen molar-refractivity contribution in [1.29, 1.82) is 0 Å². The topological polar surface area (TPSA) is 76.0 Å². The number of phosphoric ester groups is 1. The Kier molecular flexibility index (Phi) is 3.49. The predicted molar refractivity (Wildman–Crippen MR) is 46.1 cm³/mol. The highest BCUT2D eigenvalue weighted by molar-refractivity contribution is 7.47. The summed E-state index contributed by atoms with van der Waals surface area (Å²) in [6, 6.07) is 0. The molecule has 0 aromatic heterocycles. The highest BCUT2D eigenvalue weighted by Crippen LogP contribution is 2.54. The van der Waals surface area contributed by atoms with E-state index in [1.807, 2.05) is 6.92 Å². The van der Waals surface area contributed by atoms with E-state index < -0.39 is 20.0 Å². The minimum absolute atomic E-state index is 0.0788. The Morgan fingerprint density at radius 1 is 1.54 bits per heavy atom. The van der Waals surface area contributed by atoms with Crippen LogP contribution < -0.4 is 0 Å². The van der Waals surface area contributed by atoms with Gasteiger partial charge in [0.25, 0.3) is 0 Å². The van der Waals surface area contributed by atoms with Crippen molar-refractivity contribution in [3.8, 4) is 0 Å². The Balaban J connectivity index is 2.69. The standard InChI is InChI=1S/C7H15O5P/c1-3-6-7(5(2)4-8)12-13(9,10)11-6/h5-8H,3-4H2,1-2H3,(H,9,10)/t5-,6?,7+/m1/s1.